The Balaban J connectivity index is 2.06. The fourth-order valence-corrected chi connectivity index (χ4v) is 2.61. The summed E-state index contributed by atoms with van der Waals surface area (Å²) in [6, 6.07) is 0. The number of rotatable bonds is 3. The van der Waals surface area contributed by atoms with Crippen molar-refractivity contribution >= 4 is 22.4 Å². The molecule has 1 aromatic heterocycles. The van der Waals surface area contributed by atoms with Gasteiger partial charge in [0.05, 0.1) is 5.41 Å². The molecule has 5 heteroatoms. The number of nitrogens with one attached hydrogen (secondary N) is 1. The normalized spacial score (nSPS) is 19.0. The van der Waals surface area contributed by atoms with Gasteiger partial charge in [-0.25, -0.2) is 4.98 Å². The molecule has 0 unspecified atom stereocenters. The molecular formula is C10H15N3OS. The fraction of sp³-hybridized carbons (Fsp3) is 0.600. The number of carbonyl (C=O) groups is 1. The van der Waals surface area contributed by atoms with Gasteiger partial charge in [-0.05, 0) is 12.8 Å². The predicted octanol–water partition coefficient (Wildman–Crippen LogP) is 1.60. The molecule has 0 atom stereocenters. The largest absolute Gasteiger partial charge is 0.329 e. The lowest BCUT2D eigenvalue weighted by Gasteiger charge is -2.24. The topological polar surface area (TPSA) is 68.0 Å². The van der Waals surface area contributed by atoms with Crippen LogP contribution < -0.4 is 11.1 Å². The minimum atomic E-state index is -0.342. The van der Waals surface area contributed by atoms with Gasteiger partial charge in [0.25, 0.3) is 0 Å². The van der Waals surface area contributed by atoms with E-state index in [2.05, 4.69) is 10.3 Å². The van der Waals surface area contributed by atoms with E-state index >= 15 is 0 Å². The summed E-state index contributed by atoms with van der Waals surface area (Å²) in [5, 5.41) is 5.36. The van der Waals surface area contributed by atoms with Crippen molar-refractivity contribution in [3.8, 4) is 0 Å². The van der Waals surface area contributed by atoms with Crippen molar-refractivity contribution in [2.45, 2.75) is 25.7 Å². The van der Waals surface area contributed by atoms with Crippen LogP contribution in [0.3, 0.4) is 0 Å². The summed E-state index contributed by atoms with van der Waals surface area (Å²) in [5.74, 6) is 0.0393. The Morgan fingerprint density at radius 1 is 1.60 bits per heavy atom. The average molecular weight is 225 g/mol. The lowest BCUT2D eigenvalue weighted by Crippen LogP contribution is -2.40. The Hall–Kier alpha value is -0.940. The molecule has 1 heterocycles. The Morgan fingerprint density at radius 3 is 2.87 bits per heavy atom. The van der Waals surface area contributed by atoms with E-state index in [1.165, 1.54) is 11.3 Å². The predicted molar refractivity (Wildman–Crippen MR) is 60.7 cm³/mol. The van der Waals surface area contributed by atoms with Crippen molar-refractivity contribution in [1.82, 2.24) is 4.98 Å². The molecule has 15 heavy (non-hydrogen) atoms. The van der Waals surface area contributed by atoms with Crippen LogP contribution >= 0.6 is 11.3 Å². The molecule has 0 radical (unpaired) electrons. The van der Waals surface area contributed by atoms with Crippen LogP contribution in [0.5, 0.6) is 0 Å². The quantitative estimate of drug-likeness (QED) is 0.821. The third-order valence-electron chi connectivity index (χ3n) is 3.09. The Morgan fingerprint density at radius 2 is 2.33 bits per heavy atom. The molecule has 82 valence electrons. The van der Waals surface area contributed by atoms with Gasteiger partial charge < -0.3 is 11.1 Å². The van der Waals surface area contributed by atoms with Crippen LogP contribution in [0.2, 0.25) is 0 Å². The van der Waals surface area contributed by atoms with Crippen molar-refractivity contribution in [2.75, 3.05) is 11.9 Å². The van der Waals surface area contributed by atoms with E-state index in [0.717, 1.165) is 25.7 Å². The molecule has 0 spiro atoms. The third-order valence-corrected chi connectivity index (χ3v) is 3.77. The van der Waals surface area contributed by atoms with Crippen LogP contribution in [-0.2, 0) is 4.79 Å². The van der Waals surface area contributed by atoms with Gasteiger partial charge in [0.1, 0.15) is 0 Å². The number of nitrogens with two attached hydrogens (primary N) is 1. The summed E-state index contributed by atoms with van der Waals surface area (Å²) < 4.78 is 0. The summed E-state index contributed by atoms with van der Waals surface area (Å²) in [6.45, 7) is 0.435. The first kappa shape index (κ1) is 10.6. The van der Waals surface area contributed by atoms with Gasteiger partial charge in [-0.15, -0.1) is 11.3 Å². The Kier molecular flexibility index (Phi) is 3.02. The smallest absolute Gasteiger partial charge is 0.233 e. The molecule has 1 aromatic rings. The second kappa shape index (κ2) is 4.28. The molecule has 4 nitrogen and oxygen atoms in total. The second-order valence-electron chi connectivity index (χ2n) is 3.98. The highest BCUT2D eigenvalue weighted by Crippen LogP contribution is 2.38. The number of nitrogens with zero attached hydrogens (tertiary/aromatic N) is 1. The summed E-state index contributed by atoms with van der Waals surface area (Å²) in [6.07, 6.45) is 5.69. The number of thiazole rings is 1. The molecular weight excluding hydrogens is 210 g/mol. The number of carbonyl (C=O) groups excluding carboxylic acids is 1. The summed E-state index contributed by atoms with van der Waals surface area (Å²) in [7, 11) is 0. The highest BCUT2D eigenvalue weighted by molar-refractivity contribution is 7.13. The molecule has 0 saturated heterocycles. The van der Waals surface area contributed by atoms with Crippen LogP contribution in [-0.4, -0.2) is 17.4 Å². The molecule has 2 rings (SSSR count). The maximum absolute atomic E-state index is 12.0. The van der Waals surface area contributed by atoms with Crippen molar-refractivity contribution < 1.29 is 4.79 Å². The van der Waals surface area contributed by atoms with Crippen LogP contribution in [0, 0.1) is 5.41 Å². The van der Waals surface area contributed by atoms with Crippen LogP contribution in [0.4, 0.5) is 5.13 Å². The van der Waals surface area contributed by atoms with Gasteiger partial charge in [-0.3, -0.25) is 4.79 Å². The van der Waals surface area contributed by atoms with Gasteiger partial charge in [0.15, 0.2) is 5.13 Å². The highest BCUT2D eigenvalue weighted by Gasteiger charge is 2.39. The van der Waals surface area contributed by atoms with Gasteiger partial charge in [0.2, 0.25) is 5.91 Å². The van der Waals surface area contributed by atoms with Gasteiger partial charge in [0, 0.05) is 18.1 Å². The third kappa shape index (κ3) is 2.03. The molecule has 0 bridgehead atoms. The number of hydrogen-bond acceptors (Lipinski definition) is 4. The Labute approximate surface area is 92.9 Å². The molecule has 0 aromatic carbocycles. The van der Waals surface area contributed by atoms with Gasteiger partial charge in [-0.1, -0.05) is 12.8 Å². The lowest BCUT2D eigenvalue weighted by atomic mass is 9.85. The maximum Gasteiger partial charge on any atom is 0.233 e. The van der Waals surface area contributed by atoms with Crippen LogP contribution in [0.15, 0.2) is 11.6 Å². The molecule has 1 aliphatic rings. The fourth-order valence-electron chi connectivity index (χ4n) is 2.09. The summed E-state index contributed by atoms with van der Waals surface area (Å²) >= 11 is 1.44. The SMILES string of the molecule is NCC1(C(=O)Nc2nccs2)CCCC1. The number of hydrogen-bond donors (Lipinski definition) is 2. The number of amides is 1. The minimum Gasteiger partial charge on any atom is -0.329 e. The van der Waals surface area contributed by atoms with E-state index in [9.17, 15) is 4.79 Å². The average Bonchev–Trinajstić information content (AvgIpc) is 2.87. The number of anilines is 1. The van der Waals surface area contributed by atoms with Crippen molar-refractivity contribution in [3.05, 3.63) is 11.6 Å². The molecule has 3 N–H and O–H groups in total. The molecule has 1 saturated carbocycles. The van der Waals surface area contributed by atoms with E-state index in [0.29, 0.717) is 11.7 Å². The Bertz CT molecular complexity index is 330. The van der Waals surface area contributed by atoms with E-state index in [1.54, 1.807) is 6.20 Å². The molecule has 1 amide bonds. The van der Waals surface area contributed by atoms with E-state index < -0.39 is 0 Å². The second-order valence-corrected chi connectivity index (χ2v) is 4.88. The van der Waals surface area contributed by atoms with Crippen LogP contribution in [0.1, 0.15) is 25.7 Å². The van der Waals surface area contributed by atoms with E-state index in [1.807, 2.05) is 5.38 Å². The zero-order valence-corrected chi connectivity index (χ0v) is 9.35. The molecule has 1 aliphatic carbocycles. The lowest BCUT2D eigenvalue weighted by molar-refractivity contribution is -0.124. The highest BCUT2D eigenvalue weighted by atomic mass is 32.1. The molecule has 1 fully saturated rings. The van der Waals surface area contributed by atoms with E-state index in [-0.39, 0.29) is 11.3 Å². The maximum atomic E-state index is 12.0. The van der Waals surface area contributed by atoms with Crippen molar-refractivity contribution in [3.63, 3.8) is 0 Å². The number of aromatic nitrogens is 1. The zero-order valence-electron chi connectivity index (χ0n) is 8.53. The minimum absolute atomic E-state index is 0.0393. The zero-order chi connectivity index (χ0) is 10.7. The first-order chi connectivity index (χ1) is 7.27. The first-order valence-corrected chi connectivity index (χ1v) is 6.06. The van der Waals surface area contributed by atoms with Gasteiger partial charge >= 0.3 is 0 Å². The van der Waals surface area contributed by atoms with Gasteiger partial charge in [-0.2, -0.15) is 0 Å². The van der Waals surface area contributed by atoms with E-state index in [4.69, 9.17) is 5.73 Å². The summed E-state index contributed by atoms with van der Waals surface area (Å²) in [4.78, 5) is 16.1. The summed E-state index contributed by atoms with van der Waals surface area (Å²) in [5.41, 5.74) is 5.38. The van der Waals surface area contributed by atoms with Crippen molar-refractivity contribution in [2.24, 2.45) is 11.1 Å². The monoisotopic (exact) mass is 225 g/mol. The van der Waals surface area contributed by atoms with Crippen LogP contribution in [0.25, 0.3) is 0 Å². The van der Waals surface area contributed by atoms with Crippen molar-refractivity contribution in [1.29, 1.82) is 0 Å². The first-order valence-electron chi connectivity index (χ1n) is 5.18. The molecule has 0 aliphatic heterocycles. The standard InChI is InChI=1S/C10H15N3OS/c11-7-10(3-1-2-4-10)8(14)13-9-12-5-6-15-9/h5-6H,1-4,7,11H2,(H,12,13,14).